The predicted molar refractivity (Wildman–Crippen MR) is 110 cm³/mol. The average Bonchev–Trinajstić information content (AvgIpc) is 3.49. The number of esters is 1. The van der Waals surface area contributed by atoms with Crippen LogP contribution in [-0.4, -0.2) is 30.9 Å². The van der Waals surface area contributed by atoms with E-state index >= 15 is 0 Å². The van der Waals surface area contributed by atoms with E-state index < -0.39 is 5.97 Å². The number of nitrogens with one attached hydrogen (secondary N) is 1. The Bertz CT molecular complexity index is 887. The molecule has 1 aromatic carbocycles. The molecule has 0 saturated heterocycles. The Morgan fingerprint density at radius 3 is 2.46 bits per heavy atom. The number of amides is 2. The van der Waals surface area contributed by atoms with Crippen LogP contribution in [0.15, 0.2) is 30.3 Å². The van der Waals surface area contributed by atoms with Crippen molar-refractivity contribution in [3.63, 3.8) is 0 Å². The van der Waals surface area contributed by atoms with Gasteiger partial charge in [-0.05, 0) is 51.3 Å². The number of benzene rings is 1. The summed E-state index contributed by atoms with van der Waals surface area (Å²) in [5.74, 6) is -0.912. The van der Waals surface area contributed by atoms with E-state index in [1.165, 1.54) is 11.3 Å². The van der Waals surface area contributed by atoms with E-state index in [4.69, 9.17) is 4.74 Å². The lowest BCUT2D eigenvalue weighted by Crippen LogP contribution is -2.34. The number of ether oxygens (including phenoxy) is 1. The maximum absolute atomic E-state index is 12.7. The maximum Gasteiger partial charge on any atom is 0.341 e. The molecule has 1 N–H and O–H groups in total. The first-order chi connectivity index (χ1) is 13.4. The Hall–Kier alpha value is -2.67. The third kappa shape index (κ3) is 4.42. The lowest BCUT2D eigenvalue weighted by atomic mass is 10.1. The topological polar surface area (TPSA) is 75.7 Å². The van der Waals surface area contributed by atoms with Gasteiger partial charge in [0.25, 0.3) is 5.91 Å². The molecule has 2 aromatic rings. The highest BCUT2D eigenvalue weighted by molar-refractivity contribution is 7.16. The number of likely N-dealkylation sites (N-methyl/N-ethyl adjacent to an activating group) is 1. The van der Waals surface area contributed by atoms with Gasteiger partial charge in [0.1, 0.15) is 5.00 Å². The first kappa shape index (κ1) is 20.1. The predicted octanol–water partition coefficient (Wildman–Crippen LogP) is 3.92. The Morgan fingerprint density at radius 1 is 1.18 bits per heavy atom. The van der Waals surface area contributed by atoms with Gasteiger partial charge in [0.15, 0.2) is 6.61 Å². The lowest BCUT2D eigenvalue weighted by molar-refractivity contribution is -0.121. The van der Waals surface area contributed by atoms with Gasteiger partial charge in [0, 0.05) is 23.0 Å². The van der Waals surface area contributed by atoms with Gasteiger partial charge in [-0.25, -0.2) is 4.79 Å². The summed E-state index contributed by atoms with van der Waals surface area (Å²) < 4.78 is 5.31. The molecule has 0 aliphatic heterocycles. The summed E-state index contributed by atoms with van der Waals surface area (Å²) in [5.41, 5.74) is 1.86. The number of nitrogens with zero attached hydrogens (tertiary/aromatic N) is 1. The van der Waals surface area contributed by atoms with Crippen LogP contribution in [0.4, 0.5) is 10.7 Å². The van der Waals surface area contributed by atoms with Crippen LogP contribution in [0, 0.1) is 19.8 Å². The zero-order chi connectivity index (χ0) is 20.3. The van der Waals surface area contributed by atoms with Gasteiger partial charge in [0.2, 0.25) is 5.91 Å². The van der Waals surface area contributed by atoms with E-state index in [2.05, 4.69) is 5.32 Å². The second-order valence-electron chi connectivity index (χ2n) is 6.80. The van der Waals surface area contributed by atoms with Gasteiger partial charge in [0.05, 0.1) is 5.56 Å². The molecule has 0 bridgehead atoms. The molecule has 28 heavy (non-hydrogen) atoms. The SMILES string of the molecule is CCN(C(=O)COC(=O)c1c(NC(=O)C2CC2)sc(C)c1C)c1ccccc1. The van der Waals surface area contributed by atoms with Crippen LogP contribution < -0.4 is 10.2 Å². The fourth-order valence-electron chi connectivity index (χ4n) is 2.91. The van der Waals surface area contributed by atoms with Crippen molar-refractivity contribution in [2.24, 2.45) is 5.92 Å². The quantitative estimate of drug-likeness (QED) is 0.715. The number of carbonyl (C=O) groups excluding carboxylic acids is 3. The molecule has 1 fully saturated rings. The van der Waals surface area contributed by atoms with Crippen molar-refractivity contribution >= 4 is 39.8 Å². The minimum absolute atomic E-state index is 0.0390. The number of carbonyl (C=O) groups is 3. The van der Waals surface area contributed by atoms with Crippen molar-refractivity contribution < 1.29 is 19.1 Å². The first-order valence-corrected chi connectivity index (χ1v) is 10.2. The van der Waals surface area contributed by atoms with Crippen molar-refractivity contribution in [2.45, 2.75) is 33.6 Å². The fraction of sp³-hybridized carbons (Fsp3) is 0.381. The highest BCUT2D eigenvalue weighted by Gasteiger charge is 2.32. The highest BCUT2D eigenvalue weighted by atomic mass is 32.1. The van der Waals surface area contributed by atoms with E-state index in [0.29, 0.717) is 17.1 Å². The van der Waals surface area contributed by atoms with Gasteiger partial charge in [-0.2, -0.15) is 0 Å². The monoisotopic (exact) mass is 400 g/mol. The van der Waals surface area contributed by atoms with Crippen LogP contribution in [0.25, 0.3) is 0 Å². The van der Waals surface area contributed by atoms with Gasteiger partial charge in [-0.1, -0.05) is 18.2 Å². The number of aryl methyl sites for hydroxylation is 1. The molecule has 1 saturated carbocycles. The highest BCUT2D eigenvalue weighted by Crippen LogP contribution is 2.36. The molecule has 2 amide bonds. The van der Waals surface area contributed by atoms with Crippen LogP contribution in [0.3, 0.4) is 0 Å². The van der Waals surface area contributed by atoms with Crippen LogP contribution in [0.5, 0.6) is 0 Å². The number of hydrogen-bond acceptors (Lipinski definition) is 5. The van der Waals surface area contributed by atoms with Gasteiger partial charge >= 0.3 is 5.97 Å². The maximum atomic E-state index is 12.7. The van der Waals surface area contributed by atoms with Gasteiger partial charge in [-0.15, -0.1) is 11.3 Å². The summed E-state index contributed by atoms with van der Waals surface area (Å²) in [5, 5.41) is 3.35. The van der Waals surface area contributed by atoms with Crippen LogP contribution in [-0.2, 0) is 14.3 Å². The molecule has 0 unspecified atom stereocenters. The first-order valence-electron chi connectivity index (χ1n) is 9.35. The summed E-state index contributed by atoms with van der Waals surface area (Å²) in [7, 11) is 0. The number of thiophene rings is 1. The summed E-state index contributed by atoms with van der Waals surface area (Å²) in [6.45, 7) is 5.69. The number of anilines is 2. The van der Waals surface area contributed by atoms with Crippen molar-refractivity contribution in [3.8, 4) is 0 Å². The van der Waals surface area contributed by atoms with E-state index in [-0.39, 0.29) is 24.3 Å². The summed E-state index contributed by atoms with van der Waals surface area (Å²) >= 11 is 1.36. The van der Waals surface area contributed by atoms with Crippen molar-refractivity contribution in [2.75, 3.05) is 23.4 Å². The lowest BCUT2D eigenvalue weighted by Gasteiger charge is -2.20. The fourth-order valence-corrected chi connectivity index (χ4v) is 3.96. The molecular weight excluding hydrogens is 376 g/mol. The van der Waals surface area contributed by atoms with E-state index in [1.54, 1.807) is 4.90 Å². The second kappa shape index (κ2) is 8.56. The Balaban J connectivity index is 1.69. The van der Waals surface area contributed by atoms with Crippen LogP contribution >= 0.6 is 11.3 Å². The number of hydrogen-bond donors (Lipinski definition) is 1. The molecule has 1 heterocycles. The largest absolute Gasteiger partial charge is 0.452 e. The molecule has 6 nitrogen and oxygen atoms in total. The third-order valence-corrected chi connectivity index (χ3v) is 5.91. The van der Waals surface area contributed by atoms with E-state index in [1.807, 2.05) is 51.1 Å². The van der Waals surface area contributed by atoms with Crippen molar-refractivity contribution in [1.29, 1.82) is 0 Å². The average molecular weight is 401 g/mol. The Labute approximate surface area is 168 Å². The molecule has 148 valence electrons. The molecule has 0 radical (unpaired) electrons. The van der Waals surface area contributed by atoms with Crippen LogP contribution in [0.2, 0.25) is 0 Å². The molecule has 1 aliphatic carbocycles. The van der Waals surface area contributed by atoms with Crippen molar-refractivity contribution in [1.82, 2.24) is 0 Å². The Morgan fingerprint density at radius 2 is 1.86 bits per heavy atom. The third-order valence-electron chi connectivity index (χ3n) is 4.79. The second-order valence-corrected chi connectivity index (χ2v) is 8.03. The number of para-hydroxylation sites is 1. The summed E-state index contributed by atoms with van der Waals surface area (Å²) in [6.07, 6.45) is 1.77. The zero-order valence-corrected chi connectivity index (χ0v) is 17.1. The standard InChI is InChI=1S/C21H24N2O4S/c1-4-23(16-8-6-5-7-9-16)17(24)12-27-21(26)18-13(2)14(3)28-20(18)22-19(25)15-10-11-15/h5-9,15H,4,10-12H2,1-3H3,(H,22,25). The zero-order valence-electron chi connectivity index (χ0n) is 16.3. The van der Waals surface area contributed by atoms with Crippen molar-refractivity contribution in [3.05, 3.63) is 46.3 Å². The minimum Gasteiger partial charge on any atom is -0.452 e. The van der Waals surface area contributed by atoms with E-state index in [0.717, 1.165) is 29.0 Å². The summed E-state index contributed by atoms with van der Waals surface area (Å²) in [6, 6.07) is 9.25. The molecule has 7 heteroatoms. The van der Waals surface area contributed by atoms with Gasteiger partial charge < -0.3 is 15.0 Å². The number of rotatable bonds is 7. The molecular formula is C21H24N2O4S. The molecule has 0 atom stereocenters. The molecule has 3 rings (SSSR count). The van der Waals surface area contributed by atoms with Gasteiger partial charge in [-0.3, -0.25) is 9.59 Å². The van der Waals surface area contributed by atoms with E-state index in [9.17, 15) is 14.4 Å². The molecule has 0 spiro atoms. The smallest absolute Gasteiger partial charge is 0.341 e. The summed E-state index contributed by atoms with van der Waals surface area (Å²) in [4.78, 5) is 39.8. The molecule has 1 aliphatic rings. The normalized spacial score (nSPS) is 13.1. The minimum atomic E-state index is -0.592. The Kier molecular flexibility index (Phi) is 6.14. The molecule has 1 aromatic heterocycles. The van der Waals surface area contributed by atoms with Crippen LogP contribution in [0.1, 0.15) is 40.6 Å².